The number of aromatic nitrogens is 3. The number of rotatable bonds is 4. The third kappa shape index (κ3) is 4.00. The molecule has 10 aromatic rings. The molecule has 1 aliphatic heterocycles. The molecule has 11 rings (SSSR count). The van der Waals surface area contributed by atoms with E-state index < -0.39 is 13.3 Å². The Morgan fingerprint density at radius 1 is 0.471 bits per heavy atom. The summed E-state index contributed by atoms with van der Waals surface area (Å²) in [5, 5.41) is 4.95. The summed E-state index contributed by atoms with van der Waals surface area (Å²) in [7, 11) is 0. The van der Waals surface area contributed by atoms with Crippen LogP contribution in [-0.2, 0) is 0 Å². The molecule has 0 atom stereocenters. The van der Waals surface area contributed by atoms with Gasteiger partial charge in [0.2, 0.25) is 0 Å². The molecule has 0 saturated carbocycles. The molecule has 1 aliphatic rings. The summed E-state index contributed by atoms with van der Waals surface area (Å²) >= 11 is -1.80. The van der Waals surface area contributed by atoms with Crippen molar-refractivity contribution in [3.05, 3.63) is 176 Å². The first-order valence-electron chi connectivity index (χ1n) is 17.3. The van der Waals surface area contributed by atoms with E-state index in [4.69, 9.17) is 9.97 Å². The Kier molecular flexibility index (Phi) is 6.30. The predicted molar refractivity (Wildman–Crippen MR) is 217 cm³/mol. The second-order valence-electron chi connectivity index (χ2n) is 13.3. The van der Waals surface area contributed by atoms with Crippen LogP contribution >= 0.6 is 11.3 Å². The standard InChI is InChI=1S/C46H29GeN3S/c1-4-16-30(17-5-1)43-42-44(35-23-10-13-25-37(35)47(42,31-18-6-2-7-19-31)32-20-8-3-9-21-32)49-46(48-43)50-38-26-14-11-22-33(38)34-28-29-40-41(45(34)50)36-24-12-15-27-39(36)51-40/h1-29H. The van der Waals surface area contributed by atoms with Crippen LogP contribution in [0.1, 0.15) is 0 Å². The van der Waals surface area contributed by atoms with Crippen LogP contribution in [-0.4, -0.2) is 27.8 Å². The molecule has 3 nitrogen and oxygen atoms in total. The van der Waals surface area contributed by atoms with Gasteiger partial charge in [-0.1, -0.05) is 0 Å². The second kappa shape index (κ2) is 11.1. The summed E-state index contributed by atoms with van der Waals surface area (Å²) < 4.78 is 10.4. The van der Waals surface area contributed by atoms with E-state index in [1.54, 1.807) is 0 Å². The van der Waals surface area contributed by atoms with E-state index >= 15 is 0 Å². The number of para-hydroxylation sites is 1. The van der Waals surface area contributed by atoms with E-state index in [-0.39, 0.29) is 0 Å². The third-order valence-electron chi connectivity index (χ3n) is 10.7. The van der Waals surface area contributed by atoms with E-state index in [2.05, 4.69) is 180 Å². The van der Waals surface area contributed by atoms with Gasteiger partial charge in [-0.3, -0.25) is 0 Å². The van der Waals surface area contributed by atoms with Crippen LogP contribution in [0.2, 0.25) is 0 Å². The summed E-state index contributed by atoms with van der Waals surface area (Å²) in [6, 6.07) is 64.3. The van der Waals surface area contributed by atoms with Crippen molar-refractivity contribution in [1.82, 2.24) is 14.5 Å². The first-order chi connectivity index (χ1) is 25.3. The van der Waals surface area contributed by atoms with Crippen molar-refractivity contribution >= 4 is 84.2 Å². The summed E-state index contributed by atoms with van der Waals surface area (Å²) in [6.45, 7) is 0. The van der Waals surface area contributed by atoms with Gasteiger partial charge in [0.25, 0.3) is 0 Å². The van der Waals surface area contributed by atoms with Gasteiger partial charge in [0.05, 0.1) is 0 Å². The molecule has 238 valence electrons. The molecule has 0 radical (unpaired) electrons. The van der Waals surface area contributed by atoms with Gasteiger partial charge < -0.3 is 0 Å². The number of nitrogens with zero attached hydrogens (tertiary/aromatic N) is 3. The number of thiophene rings is 1. The van der Waals surface area contributed by atoms with Crippen molar-refractivity contribution < 1.29 is 0 Å². The monoisotopic (exact) mass is 729 g/mol. The Balaban J connectivity index is 1.35. The quantitative estimate of drug-likeness (QED) is 0.170. The summed E-state index contributed by atoms with van der Waals surface area (Å²) in [6.07, 6.45) is 0. The van der Waals surface area contributed by atoms with Gasteiger partial charge in [-0.2, -0.15) is 0 Å². The zero-order valence-corrected chi connectivity index (χ0v) is 30.4. The van der Waals surface area contributed by atoms with E-state index in [1.807, 2.05) is 11.3 Å². The SMILES string of the molecule is c1ccc(-c2nc(-n3c4ccccc4c4ccc5sc6ccccc6c5c43)nc3[c]2[Ge]([c]2ccccc2)([c]2ccccc2)[c]2ccccc2-3)cc1. The zero-order chi connectivity index (χ0) is 33.5. The van der Waals surface area contributed by atoms with Gasteiger partial charge >= 0.3 is 303 Å². The van der Waals surface area contributed by atoms with Crippen molar-refractivity contribution in [2.45, 2.75) is 0 Å². The van der Waals surface area contributed by atoms with Crippen molar-refractivity contribution in [2.75, 3.05) is 0 Å². The number of hydrogen-bond acceptors (Lipinski definition) is 3. The van der Waals surface area contributed by atoms with Crippen LogP contribution in [0.5, 0.6) is 0 Å². The molecule has 5 heteroatoms. The average Bonchev–Trinajstić information content (AvgIpc) is 3.85. The molecule has 51 heavy (non-hydrogen) atoms. The van der Waals surface area contributed by atoms with Crippen molar-refractivity contribution in [2.24, 2.45) is 0 Å². The van der Waals surface area contributed by atoms with Gasteiger partial charge in [-0.05, 0) is 0 Å². The molecule has 4 heterocycles. The van der Waals surface area contributed by atoms with Crippen molar-refractivity contribution in [1.29, 1.82) is 0 Å². The molecular weight excluding hydrogens is 699 g/mol. The summed E-state index contributed by atoms with van der Waals surface area (Å²) in [4.78, 5) is 11.5. The molecule has 3 aromatic heterocycles. The predicted octanol–water partition coefficient (Wildman–Crippen LogP) is 8.97. The number of hydrogen-bond donors (Lipinski definition) is 0. The van der Waals surface area contributed by atoms with Crippen LogP contribution in [0.3, 0.4) is 0 Å². The molecule has 0 spiro atoms. The zero-order valence-electron chi connectivity index (χ0n) is 27.5. The number of fused-ring (bicyclic) bond motifs is 10. The normalized spacial score (nSPS) is 13.3. The summed E-state index contributed by atoms with van der Waals surface area (Å²) in [5.41, 5.74) is 6.67. The maximum absolute atomic E-state index is 5.76. The minimum absolute atomic E-state index is 0.704. The van der Waals surface area contributed by atoms with Crippen LogP contribution < -0.4 is 17.6 Å². The average molecular weight is 728 g/mol. The molecule has 0 saturated heterocycles. The minimum atomic E-state index is -3.65. The van der Waals surface area contributed by atoms with Crippen LogP contribution in [0.4, 0.5) is 0 Å². The molecule has 0 fully saturated rings. The van der Waals surface area contributed by atoms with Crippen LogP contribution in [0.15, 0.2) is 176 Å². The first kappa shape index (κ1) is 29.0. The van der Waals surface area contributed by atoms with E-state index in [0.717, 1.165) is 28.0 Å². The molecule has 7 aromatic carbocycles. The Labute approximate surface area is 301 Å². The topological polar surface area (TPSA) is 30.7 Å². The summed E-state index contributed by atoms with van der Waals surface area (Å²) in [5.74, 6) is 0.704. The third-order valence-corrected chi connectivity index (χ3v) is 22.0. The first-order valence-corrected chi connectivity index (χ1v) is 22.4. The van der Waals surface area contributed by atoms with Crippen LogP contribution in [0, 0.1) is 0 Å². The molecule has 0 amide bonds. The Morgan fingerprint density at radius 2 is 1.08 bits per heavy atom. The molecule has 0 bridgehead atoms. The maximum atomic E-state index is 5.76. The van der Waals surface area contributed by atoms with Gasteiger partial charge in [0, 0.05) is 0 Å². The van der Waals surface area contributed by atoms with E-state index in [0.29, 0.717) is 5.95 Å². The Bertz CT molecular complexity index is 2930. The van der Waals surface area contributed by atoms with Crippen molar-refractivity contribution in [3.8, 4) is 28.5 Å². The van der Waals surface area contributed by atoms with Crippen molar-refractivity contribution in [3.63, 3.8) is 0 Å². The van der Waals surface area contributed by atoms with Gasteiger partial charge in [-0.15, -0.1) is 0 Å². The molecule has 0 N–H and O–H groups in total. The number of benzene rings is 7. The molecule has 0 unspecified atom stereocenters. The fourth-order valence-corrected chi connectivity index (χ4v) is 20.8. The van der Waals surface area contributed by atoms with Gasteiger partial charge in [0.1, 0.15) is 0 Å². The van der Waals surface area contributed by atoms with Crippen LogP contribution in [0.25, 0.3) is 70.4 Å². The fourth-order valence-electron chi connectivity index (χ4n) is 8.67. The van der Waals surface area contributed by atoms with E-state index in [9.17, 15) is 0 Å². The molecule has 0 aliphatic carbocycles. The molecular formula is C46H29GeN3S. The van der Waals surface area contributed by atoms with Gasteiger partial charge in [-0.25, -0.2) is 0 Å². The Morgan fingerprint density at radius 3 is 1.84 bits per heavy atom. The van der Waals surface area contributed by atoms with E-state index in [1.165, 1.54) is 54.1 Å². The van der Waals surface area contributed by atoms with Gasteiger partial charge in [0.15, 0.2) is 0 Å². The second-order valence-corrected chi connectivity index (χ2v) is 22.1. The fraction of sp³-hybridized carbons (Fsp3) is 0. The Hall–Kier alpha value is -5.82.